The molecule has 6 nitrogen and oxygen atoms in total. The van der Waals surface area contributed by atoms with Crippen LogP contribution in [-0.2, 0) is 0 Å². The van der Waals surface area contributed by atoms with Crippen molar-refractivity contribution >= 4 is 5.91 Å². The minimum Gasteiger partial charge on any atom is -0.463 e. The van der Waals surface area contributed by atoms with E-state index < -0.39 is 0 Å². The second-order valence-corrected chi connectivity index (χ2v) is 6.96. The molecular weight excluding hydrogens is 340 g/mol. The van der Waals surface area contributed by atoms with Gasteiger partial charge in [-0.25, -0.2) is 4.68 Å². The highest BCUT2D eigenvalue weighted by atomic mass is 16.3. The first-order valence-corrected chi connectivity index (χ1v) is 9.39. The predicted molar refractivity (Wildman–Crippen MR) is 104 cm³/mol. The lowest BCUT2D eigenvalue weighted by Crippen LogP contribution is -2.43. The predicted octanol–water partition coefficient (Wildman–Crippen LogP) is 3.20. The van der Waals surface area contributed by atoms with E-state index >= 15 is 0 Å². The van der Waals surface area contributed by atoms with Gasteiger partial charge < -0.3 is 14.6 Å². The van der Waals surface area contributed by atoms with Gasteiger partial charge in [-0.3, -0.25) is 4.79 Å². The van der Waals surface area contributed by atoms with Crippen molar-refractivity contribution in [3.8, 4) is 17.1 Å². The molecule has 0 saturated carbocycles. The second-order valence-electron chi connectivity index (χ2n) is 6.96. The van der Waals surface area contributed by atoms with E-state index in [2.05, 4.69) is 10.4 Å². The fourth-order valence-corrected chi connectivity index (χ4v) is 3.71. The van der Waals surface area contributed by atoms with Crippen molar-refractivity contribution < 1.29 is 9.21 Å². The number of para-hydroxylation sites is 1. The third-order valence-electron chi connectivity index (χ3n) is 5.00. The zero-order valence-electron chi connectivity index (χ0n) is 15.5. The van der Waals surface area contributed by atoms with Crippen molar-refractivity contribution in [2.45, 2.75) is 12.8 Å². The molecule has 0 radical (unpaired) electrons. The number of aromatic nitrogens is 2. The molecule has 6 heteroatoms. The maximum atomic E-state index is 13.3. The standard InChI is InChI=1S/C21H24N4O2/c1-22-14-16-7-5-11-24(15-16)21(26)19-13-18(20-10-6-12-27-20)23-25(19)17-8-3-2-4-9-17/h2-4,6,8-10,12-13,16,22H,5,7,11,14-15H2,1H3. The van der Waals surface area contributed by atoms with E-state index in [1.165, 1.54) is 0 Å². The van der Waals surface area contributed by atoms with Crippen LogP contribution in [0.4, 0.5) is 0 Å². The Hall–Kier alpha value is -2.86. The number of likely N-dealkylation sites (tertiary alicyclic amines) is 1. The third kappa shape index (κ3) is 3.66. The Morgan fingerprint density at radius 3 is 2.85 bits per heavy atom. The fourth-order valence-electron chi connectivity index (χ4n) is 3.71. The summed E-state index contributed by atoms with van der Waals surface area (Å²) in [6, 6.07) is 15.3. The molecule has 1 fully saturated rings. The first-order chi connectivity index (χ1) is 13.3. The van der Waals surface area contributed by atoms with E-state index in [1.807, 2.05) is 60.5 Å². The van der Waals surface area contributed by atoms with Crippen LogP contribution in [0, 0.1) is 5.92 Å². The number of hydrogen-bond acceptors (Lipinski definition) is 4. The molecule has 3 aromatic rings. The zero-order chi connectivity index (χ0) is 18.6. The van der Waals surface area contributed by atoms with E-state index in [4.69, 9.17) is 4.42 Å². The van der Waals surface area contributed by atoms with Crippen LogP contribution >= 0.6 is 0 Å². The molecule has 1 atom stereocenters. The molecular formula is C21H24N4O2. The largest absolute Gasteiger partial charge is 0.463 e. The molecule has 3 heterocycles. The lowest BCUT2D eigenvalue weighted by molar-refractivity contribution is 0.0665. The molecule has 0 spiro atoms. The lowest BCUT2D eigenvalue weighted by Gasteiger charge is -2.32. The number of hydrogen-bond donors (Lipinski definition) is 1. The number of nitrogens with zero attached hydrogens (tertiary/aromatic N) is 3. The van der Waals surface area contributed by atoms with Crippen LogP contribution in [0.1, 0.15) is 23.3 Å². The first kappa shape index (κ1) is 17.5. The first-order valence-electron chi connectivity index (χ1n) is 9.39. The van der Waals surface area contributed by atoms with Crippen LogP contribution in [0.5, 0.6) is 0 Å². The van der Waals surface area contributed by atoms with Gasteiger partial charge in [-0.1, -0.05) is 18.2 Å². The van der Waals surface area contributed by atoms with Crippen LogP contribution in [0.2, 0.25) is 0 Å². The molecule has 2 aromatic heterocycles. The molecule has 1 saturated heterocycles. The summed E-state index contributed by atoms with van der Waals surface area (Å²) in [6.07, 6.45) is 3.80. The third-order valence-corrected chi connectivity index (χ3v) is 5.00. The van der Waals surface area contributed by atoms with Crippen molar-refractivity contribution in [1.29, 1.82) is 0 Å². The molecule has 1 aliphatic rings. The quantitative estimate of drug-likeness (QED) is 0.755. The average Bonchev–Trinajstić information content (AvgIpc) is 3.38. The van der Waals surface area contributed by atoms with Crippen LogP contribution in [0.25, 0.3) is 17.1 Å². The van der Waals surface area contributed by atoms with Crippen molar-refractivity contribution in [2.24, 2.45) is 5.92 Å². The highest BCUT2D eigenvalue weighted by Gasteiger charge is 2.27. The highest BCUT2D eigenvalue weighted by Crippen LogP contribution is 2.25. The maximum absolute atomic E-state index is 13.3. The Bertz CT molecular complexity index is 884. The van der Waals surface area contributed by atoms with Crippen molar-refractivity contribution in [3.63, 3.8) is 0 Å². The Morgan fingerprint density at radius 1 is 1.26 bits per heavy atom. The summed E-state index contributed by atoms with van der Waals surface area (Å²) < 4.78 is 7.21. The Morgan fingerprint density at radius 2 is 2.11 bits per heavy atom. The minimum absolute atomic E-state index is 0.0185. The van der Waals surface area contributed by atoms with E-state index in [1.54, 1.807) is 10.9 Å². The number of piperidine rings is 1. The number of benzene rings is 1. The summed E-state index contributed by atoms with van der Waals surface area (Å²) in [7, 11) is 1.96. The summed E-state index contributed by atoms with van der Waals surface area (Å²) in [5.74, 6) is 1.17. The fraction of sp³-hybridized carbons (Fsp3) is 0.333. The smallest absolute Gasteiger partial charge is 0.272 e. The van der Waals surface area contributed by atoms with Crippen LogP contribution < -0.4 is 5.32 Å². The normalized spacial score (nSPS) is 17.2. The Balaban J connectivity index is 1.69. The van der Waals surface area contributed by atoms with Crippen LogP contribution in [-0.4, -0.2) is 47.3 Å². The SMILES string of the molecule is CNCC1CCCN(C(=O)c2cc(-c3ccco3)nn2-c2ccccc2)C1. The van der Waals surface area contributed by atoms with Crippen molar-refractivity contribution in [2.75, 3.05) is 26.7 Å². The van der Waals surface area contributed by atoms with E-state index in [0.29, 0.717) is 23.1 Å². The molecule has 140 valence electrons. The molecule has 1 amide bonds. The Labute approximate surface area is 158 Å². The van der Waals surface area contributed by atoms with Crippen molar-refractivity contribution in [1.82, 2.24) is 20.0 Å². The molecule has 1 aliphatic heterocycles. The number of nitrogens with one attached hydrogen (secondary N) is 1. The average molecular weight is 364 g/mol. The van der Waals surface area contributed by atoms with Crippen LogP contribution in [0.3, 0.4) is 0 Å². The summed E-state index contributed by atoms with van der Waals surface area (Å²) in [5.41, 5.74) is 2.09. The second kappa shape index (κ2) is 7.80. The highest BCUT2D eigenvalue weighted by molar-refractivity contribution is 5.94. The summed E-state index contributed by atoms with van der Waals surface area (Å²) in [5, 5.41) is 7.89. The summed E-state index contributed by atoms with van der Waals surface area (Å²) >= 11 is 0. The summed E-state index contributed by atoms with van der Waals surface area (Å²) in [4.78, 5) is 15.3. The van der Waals surface area contributed by atoms with E-state index in [-0.39, 0.29) is 5.91 Å². The minimum atomic E-state index is 0.0185. The molecule has 1 aromatic carbocycles. The number of rotatable bonds is 5. The summed E-state index contributed by atoms with van der Waals surface area (Å²) in [6.45, 7) is 2.49. The van der Waals surface area contributed by atoms with E-state index in [9.17, 15) is 4.79 Å². The van der Waals surface area contributed by atoms with Gasteiger partial charge in [0.2, 0.25) is 0 Å². The van der Waals surface area contributed by atoms with Gasteiger partial charge in [-0.15, -0.1) is 0 Å². The molecule has 0 aliphatic carbocycles. The maximum Gasteiger partial charge on any atom is 0.272 e. The molecule has 27 heavy (non-hydrogen) atoms. The number of carbonyl (C=O) groups is 1. The van der Waals surface area contributed by atoms with Crippen molar-refractivity contribution in [3.05, 3.63) is 60.5 Å². The van der Waals surface area contributed by atoms with Gasteiger partial charge in [0.15, 0.2) is 5.76 Å². The molecule has 0 bridgehead atoms. The Kier molecular flexibility index (Phi) is 5.07. The van der Waals surface area contributed by atoms with Gasteiger partial charge in [0.25, 0.3) is 5.91 Å². The molecule has 1 N–H and O–H groups in total. The van der Waals surface area contributed by atoms with Gasteiger partial charge in [0.1, 0.15) is 11.4 Å². The van der Waals surface area contributed by atoms with Crippen LogP contribution in [0.15, 0.2) is 59.2 Å². The molecule has 1 unspecified atom stereocenters. The number of furan rings is 1. The van der Waals surface area contributed by atoms with Gasteiger partial charge in [0, 0.05) is 19.2 Å². The number of amides is 1. The molecule has 4 rings (SSSR count). The topological polar surface area (TPSA) is 63.3 Å². The van der Waals surface area contributed by atoms with Gasteiger partial charge in [-0.05, 0) is 56.6 Å². The lowest BCUT2D eigenvalue weighted by atomic mass is 9.98. The van der Waals surface area contributed by atoms with E-state index in [0.717, 1.165) is 38.2 Å². The number of carbonyl (C=O) groups excluding carboxylic acids is 1. The zero-order valence-corrected chi connectivity index (χ0v) is 15.5. The van der Waals surface area contributed by atoms with Gasteiger partial charge in [0.05, 0.1) is 12.0 Å². The van der Waals surface area contributed by atoms with Gasteiger partial charge >= 0.3 is 0 Å². The monoisotopic (exact) mass is 364 g/mol. The van der Waals surface area contributed by atoms with Gasteiger partial charge in [-0.2, -0.15) is 5.10 Å².